The van der Waals surface area contributed by atoms with Crippen molar-refractivity contribution < 1.29 is 4.74 Å². The van der Waals surface area contributed by atoms with Gasteiger partial charge >= 0.3 is 0 Å². The molecule has 1 saturated heterocycles. The maximum absolute atomic E-state index is 13.1. The van der Waals surface area contributed by atoms with Gasteiger partial charge in [0.25, 0.3) is 5.56 Å². The van der Waals surface area contributed by atoms with Crippen LogP contribution in [-0.4, -0.2) is 49.3 Å². The fraction of sp³-hybridized carbons (Fsp3) is 0.407. The van der Waals surface area contributed by atoms with E-state index in [9.17, 15) is 4.79 Å². The third-order valence-electron chi connectivity index (χ3n) is 6.85. The molecule has 0 spiro atoms. The summed E-state index contributed by atoms with van der Waals surface area (Å²) in [5, 5.41) is 13.6. The molecule has 2 aromatic heterocycles. The minimum absolute atomic E-state index is 0.0464. The van der Waals surface area contributed by atoms with Gasteiger partial charge in [-0.05, 0) is 66.3 Å². The second kappa shape index (κ2) is 10.5. The standard InChI is InChI=1S/C27H32N6O2/c1-19-10-11-20(2)26-24(19)15-22(27(34)28-26)16-32(13-12-21-7-4-3-5-8-21)18-25-29-30-31-33(25)17-23-9-6-14-35-23/h3-5,7-8,10-11,15,23H,6,9,12-14,16-18H2,1-2H3,(H,28,34)/t23-/m1/s1. The fourth-order valence-corrected chi connectivity index (χ4v) is 4.78. The zero-order valence-corrected chi connectivity index (χ0v) is 20.4. The number of benzene rings is 2. The number of tetrazole rings is 1. The largest absolute Gasteiger partial charge is 0.376 e. The van der Waals surface area contributed by atoms with Crippen molar-refractivity contribution in [2.45, 2.75) is 58.8 Å². The van der Waals surface area contributed by atoms with Crippen LogP contribution >= 0.6 is 0 Å². The monoisotopic (exact) mass is 472 g/mol. The van der Waals surface area contributed by atoms with Crippen molar-refractivity contribution in [3.05, 3.63) is 87.0 Å². The van der Waals surface area contributed by atoms with E-state index in [1.165, 1.54) is 5.56 Å². The number of aromatic amines is 1. The lowest BCUT2D eigenvalue weighted by Crippen LogP contribution is -2.30. The van der Waals surface area contributed by atoms with Crippen molar-refractivity contribution in [1.29, 1.82) is 0 Å². The summed E-state index contributed by atoms with van der Waals surface area (Å²) >= 11 is 0. The van der Waals surface area contributed by atoms with E-state index in [4.69, 9.17) is 4.74 Å². The molecule has 1 N–H and O–H groups in total. The number of nitrogens with one attached hydrogen (secondary N) is 1. The summed E-state index contributed by atoms with van der Waals surface area (Å²) in [7, 11) is 0. The first-order chi connectivity index (χ1) is 17.1. The van der Waals surface area contributed by atoms with Crippen LogP contribution in [0.3, 0.4) is 0 Å². The van der Waals surface area contributed by atoms with E-state index in [-0.39, 0.29) is 11.7 Å². The number of ether oxygens (including phenoxy) is 1. The smallest absolute Gasteiger partial charge is 0.252 e. The molecule has 182 valence electrons. The predicted molar refractivity (Wildman–Crippen MR) is 135 cm³/mol. The summed E-state index contributed by atoms with van der Waals surface area (Å²) in [5.74, 6) is 0.790. The van der Waals surface area contributed by atoms with E-state index in [0.29, 0.717) is 19.6 Å². The molecule has 35 heavy (non-hydrogen) atoms. The highest BCUT2D eigenvalue weighted by Crippen LogP contribution is 2.21. The lowest BCUT2D eigenvalue weighted by Gasteiger charge is -2.22. The molecule has 8 nitrogen and oxygen atoms in total. The Balaban J connectivity index is 1.41. The first kappa shape index (κ1) is 23.4. The van der Waals surface area contributed by atoms with Gasteiger partial charge in [0, 0.05) is 30.6 Å². The van der Waals surface area contributed by atoms with Crippen LogP contribution in [0.25, 0.3) is 10.9 Å². The van der Waals surface area contributed by atoms with Crippen LogP contribution in [-0.2, 0) is 30.8 Å². The lowest BCUT2D eigenvalue weighted by atomic mass is 10.0. The Kier molecular flexibility index (Phi) is 7.01. The van der Waals surface area contributed by atoms with Gasteiger partial charge in [-0.3, -0.25) is 9.69 Å². The normalized spacial score (nSPS) is 15.9. The molecular weight excluding hydrogens is 440 g/mol. The van der Waals surface area contributed by atoms with Crippen LogP contribution in [0, 0.1) is 13.8 Å². The van der Waals surface area contributed by atoms with Gasteiger partial charge in [0.15, 0.2) is 5.82 Å². The molecule has 0 saturated carbocycles. The van der Waals surface area contributed by atoms with Crippen molar-refractivity contribution in [3.8, 4) is 0 Å². The molecule has 5 rings (SSSR count). The first-order valence-corrected chi connectivity index (χ1v) is 12.3. The molecule has 4 aromatic rings. The van der Waals surface area contributed by atoms with Gasteiger partial charge in [0.05, 0.1) is 24.7 Å². The summed E-state index contributed by atoms with van der Waals surface area (Å²) in [6.07, 6.45) is 3.14. The zero-order chi connectivity index (χ0) is 24.2. The minimum Gasteiger partial charge on any atom is -0.376 e. The third kappa shape index (κ3) is 5.49. The second-order valence-corrected chi connectivity index (χ2v) is 9.47. The van der Waals surface area contributed by atoms with Gasteiger partial charge in [-0.15, -0.1) is 5.10 Å². The van der Waals surface area contributed by atoms with Gasteiger partial charge in [-0.25, -0.2) is 4.68 Å². The van der Waals surface area contributed by atoms with Gasteiger partial charge in [-0.2, -0.15) is 0 Å². The minimum atomic E-state index is -0.0464. The van der Waals surface area contributed by atoms with Gasteiger partial charge in [-0.1, -0.05) is 42.5 Å². The SMILES string of the molecule is Cc1ccc(C)c2[nH]c(=O)c(CN(CCc3ccccc3)Cc3nnnn3C[C@H]3CCCO3)cc12. The van der Waals surface area contributed by atoms with Crippen molar-refractivity contribution >= 4 is 10.9 Å². The van der Waals surface area contributed by atoms with Crippen LogP contribution in [0.4, 0.5) is 0 Å². The van der Waals surface area contributed by atoms with Crippen LogP contribution in [0.1, 0.15) is 40.9 Å². The molecule has 0 unspecified atom stereocenters. The Labute approximate surface area is 204 Å². The van der Waals surface area contributed by atoms with E-state index >= 15 is 0 Å². The Hall–Kier alpha value is -3.36. The van der Waals surface area contributed by atoms with E-state index in [1.54, 1.807) is 0 Å². The lowest BCUT2D eigenvalue weighted by molar-refractivity contribution is 0.0916. The molecule has 1 aliphatic rings. The molecule has 0 amide bonds. The van der Waals surface area contributed by atoms with E-state index < -0.39 is 0 Å². The van der Waals surface area contributed by atoms with Crippen LogP contribution in [0.15, 0.2) is 53.3 Å². The summed E-state index contributed by atoms with van der Waals surface area (Å²) in [4.78, 5) is 18.4. The molecule has 1 aliphatic heterocycles. The molecule has 0 aliphatic carbocycles. The maximum atomic E-state index is 13.1. The predicted octanol–water partition coefficient (Wildman–Crippen LogP) is 3.56. The number of hydrogen-bond donors (Lipinski definition) is 1. The summed E-state index contributed by atoms with van der Waals surface area (Å²) in [6.45, 7) is 7.41. The quantitative estimate of drug-likeness (QED) is 0.401. The van der Waals surface area contributed by atoms with Crippen LogP contribution in [0.2, 0.25) is 0 Å². The number of pyridine rings is 1. The van der Waals surface area contributed by atoms with Gasteiger partial charge < -0.3 is 9.72 Å². The number of fused-ring (bicyclic) bond motifs is 1. The highest BCUT2D eigenvalue weighted by atomic mass is 16.5. The van der Waals surface area contributed by atoms with E-state index in [2.05, 4.69) is 62.7 Å². The second-order valence-electron chi connectivity index (χ2n) is 9.47. The zero-order valence-electron chi connectivity index (χ0n) is 20.4. The number of aromatic nitrogens is 5. The fourth-order valence-electron chi connectivity index (χ4n) is 4.78. The molecular formula is C27H32N6O2. The first-order valence-electron chi connectivity index (χ1n) is 12.3. The Morgan fingerprint density at radius 2 is 1.94 bits per heavy atom. The molecule has 1 atom stereocenters. The maximum Gasteiger partial charge on any atom is 0.252 e. The van der Waals surface area contributed by atoms with Gasteiger partial charge in [0.2, 0.25) is 0 Å². The number of rotatable bonds is 9. The van der Waals surface area contributed by atoms with Gasteiger partial charge in [0.1, 0.15) is 0 Å². The van der Waals surface area contributed by atoms with Crippen molar-refractivity contribution in [2.75, 3.05) is 13.2 Å². The van der Waals surface area contributed by atoms with E-state index in [0.717, 1.165) is 65.8 Å². The van der Waals surface area contributed by atoms with Crippen LogP contribution in [0.5, 0.6) is 0 Å². The Morgan fingerprint density at radius 1 is 1.11 bits per heavy atom. The summed E-state index contributed by atoms with van der Waals surface area (Å²) in [6, 6.07) is 16.6. The molecule has 8 heteroatoms. The van der Waals surface area contributed by atoms with Crippen molar-refractivity contribution in [3.63, 3.8) is 0 Å². The molecule has 0 bridgehead atoms. The molecule has 2 aromatic carbocycles. The summed E-state index contributed by atoms with van der Waals surface area (Å²) in [5.41, 5.74) is 5.10. The third-order valence-corrected chi connectivity index (χ3v) is 6.85. The average Bonchev–Trinajstić information content (AvgIpc) is 3.54. The molecule has 3 heterocycles. The average molecular weight is 473 g/mol. The Bertz CT molecular complexity index is 1340. The van der Waals surface area contributed by atoms with E-state index in [1.807, 2.05) is 29.8 Å². The Morgan fingerprint density at radius 3 is 2.74 bits per heavy atom. The summed E-state index contributed by atoms with van der Waals surface area (Å²) < 4.78 is 7.64. The topological polar surface area (TPSA) is 88.9 Å². The van der Waals surface area contributed by atoms with Crippen molar-refractivity contribution in [2.24, 2.45) is 0 Å². The molecule has 0 radical (unpaired) electrons. The van der Waals surface area contributed by atoms with Crippen molar-refractivity contribution in [1.82, 2.24) is 30.1 Å². The number of H-pyrrole nitrogens is 1. The number of aryl methyl sites for hydroxylation is 2. The molecule has 1 fully saturated rings. The van der Waals surface area contributed by atoms with Crippen LogP contribution < -0.4 is 5.56 Å². The number of hydrogen-bond acceptors (Lipinski definition) is 6. The highest BCUT2D eigenvalue weighted by Gasteiger charge is 2.20. The number of nitrogens with zero attached hydrogens (tertiary/aromatic N) is 5. The highest BCUT2D eigenvalue weighted by molar-refractivity contribution is 5.85.